The number of nitrogens with zero attached hydrogens (tertiary/aromatic N) is 1. The normalized spacial score (nSPS) is 18.7. The van der Waals surface area contributed by atoms with Crippen molar-refractivity contribution in [2.24, 2.45) is 0 Å². The van der Waals surface area contributed by atoms with Gasteiger partial charge in [-0.15, -0.1) is 11.8 Å². The molecule has 0 aliphatic carbocycles. The van der Waals surface area contributed by atoms with E-state index in [1.165, 1.54) is 0 Å². The monoisotopic (exact) mass is 565 g/mol. The Hall–Kier alpha value is -3.28. The summed E-state index contributed by atoms with van der Waals surface area (Å²) in [6.45, 7) is 0.392. The van der Waals surface area contributed by atoms with Gasteiger partial charge in [0.15, 0.2) is 6.29 Å². The molecule has 4 N–H and O–H groups in total. The number of nitrogens with one attached hydrogen (secondary N) is 2. The van der Waals surface area contributed by atoms with Crippen molar-refractivity contribution in [2.75, 3.05) is 5.75 Å². The van der Waals surface area contributed by atoms with E-state index in [4.69, 9.17) is 14.7 Å². The molecule has 212 valence electrons. The van der Waals surface area contributed by atoms with E-state index >= 15 is 0 Å². The molecular weight excluding hydrogens is 530 g/mol. The van der Waals surface area contributed by atoms with Gasteiger partial charge in [0, 0.05) is 43.3 Å². The molecule has 1 aliphatic rings. The fraction of sp³-hybridized carbons (Fsp3) is 0.367. The first-order valence-electron chi connectivity index (χ1n) is 13.4. The summed E-state index contributed by atoms with van der Waals surface area (Å²) in [4.78, 5) is 27.6. The molecule has 2 amide bonds. The van der Waals surface area contributed by atoms with E-state index in [0.717, 1.165) is 33.0 Å². The number of pyridine rings is 1. The van der Waals surface area contributed by atoms with Crippen LogP contribution in [0.1, 0.15) is 66.8 Å². The summed E-state index contributed by atoms with van der Waals surface area (Å²) in [6.07, 6.45) is 3.31. The van der Waals surface area contributed by atoms with Crippen molar-refractivity contribution in [3.8, 4) is 0 Å². The molecule has 3 aromatic rings. The van der Waals surface area contributed by atoms with E-state index in [1.54, 1.807) is 23.4 Å². The number of ether oxygens (including phenoxy) is 2. The van der Waals surface area contributed by atoms with Crippen LogP contribution in [-0.4, -0.2) is 39.0 Å². The van der Waals surface area contributed by atoms with E-state index in [9.17, 15) is 14.7 Å². The minimum absolute atomic E-state index is 0.00294. The third-order valence-electron chi connectivity index (χ3n) is 6.59. The number of amides is 2. The van der Waals surface area contributed by atoms with Gasteiger partial charge in [0.05, 0.1) is 23.8 Å². The number of carbonyl (C=O) groups is 2. The predicted molar refractivity (Wildman–Crippen MR) is 150 cm³/mol. The quantitative estimate of drug-likeness (QED) is 0.102. The highest BCUT2D eigenvalue weighted by Gasteiger charge is 2.32. The average molecular weight is 566 g/mol. The second kappa shape index (κ2) is 15.5. The Morgan fingerprint density at radius 2 is 1.60 bits per heavy atom. The zero-order valence-electron chi connectivity index (χ0n) is 22.2. The van der Waals surface area contributed by atoms with E-state index in [0.29, 0.717) is 32.2 Å². The summed E-state index contributed by atoms with van der Waals surface area (Å²) < 4.78 is 12.8. The lowest BCUT2D eigenvalue weighted by atomic mass is 10.0. The molecule has 1 aromatic heterocycles. The van der Waals surface area contributed by atoms with Gasteiger partial charge in [0.2, 0.25) is 11.8 Å². The number of hydrogen-bond acceptors (Lipinski definition) is 8. The van der Waals surface area contributed by atoms with Crippen LogP contribution in [0.5, 0.6) is 0 Å². The number of benzene rings is 2. The summed E-state index contributed by atoms with van der Waals surface area (Å²) in [5.74, 6) is 0.197. The van der Waals surface area contributed by atoms with Crippen LogP contribution in [-0.2, 0) is 32.2 Å². The first-order chi connectivity index (χ1) is 19.5. The second-order valence-corrected chi connectivity index (χ2v) is 10.6. The van der Waals surface area contributed by atoms with Gasteiger partial charge in [-0.05, 0) is 41.7 Å². The highest BCUT2D eigenvalue weighted by atomic mass is 32.2. The summed E-state index contributed by atoms with van der Waals surface area (Å²) in [5, 5.41) is 21.8. The lowest BCUT2D eigenvalue weighted by Gasteiger charge is -2.36. The number of thioether (sulfide) groups is 1. The Labute approximate surface area is 238 Å². The molecule has 1 aliphatic heterocycles. The topological polar surface area (TPSA) is 130 Å². The molecule has 0 radical (unpaired) electrons. The second-order valence-electron chi connectivity index (χ2n) is 9.59. The van der Waals surface area contributed by atoms with Crippen molar-refractivity contribution in [3.63, 3.8) is 0 Å². The van der Waals surface area contributed by atoms with Crippen LogP contribution in [0.2, 0.25) is 0 Å². The van der Waals surface area contributed by atoms with Crippen molar-refractivity contribution in [1.82, 2.24) is 15.8 Å². The Morgan fingerprint density at radius 1 is 0.900 bits per heavy atom. The van der Waals surface area contributed by atoms with Crippen molar-refractivity contribution < 1.29 is 29.4 Å². The van der Waals surface area contributed by atoms with Gasteiger partial charge in [0.25, 0.3) is 0 Å². The third kappa shape index (κ3) is 9.14. The maximum absolute atomic E-state index is 12.1. The van der Waals surface area contributed by atoms with Gasteiger partial charge in [-0.2, -0.15) is 0 Å². The summed E-state index contributed by atoms with van der Waals surface area (Å²) >= 11 is 1.65. The smallest absolute Gasteiger partial charge is 0.243 e. The van der Waals surface area contributed by atoms with Gasteiger partial charge in [-0.1, -0.05) is 54.6 Å². The molecule has 1 fully saturated rings. The molecule has 0 unspecified atom stereocenters. The standard InChI is InChI=1S/C30H35N3O6S/c34-19-22-10-12-23(13-11-22)26-17-25(20-40-29-7-3-4-16-31-29)38-30(39-26)24-14-8-21(9-15-24)18-32-27(35)5-1-2-6-28(36)33-37/h3-4,7-16,25-26,30,34,37H,1-2,5-6,17-20H2,(H,32,35)(H,33,36)/t25-,26+,30+/m1/s1. The molecular formula is C30H35N3O6S. The summed E-state index contributed by atoms with van der Waals surface area (Å²) in [5.41, 5.74) is 5.32. The molecule has 1 saturated heterocycles. The Balaban J connectivity index is 1.35. The summed E-state index contributed by atoms with van der Waals surface area (Å²) in [7, 11) is 0. The highest BCUT2D eigenvalue weighted by Crippen LogP contribution is 2.39. The fourth-order valence-electron chi connectivity index (χ4n) is 4.34. The number of aliphatic hydroxyl groups is 1. The molecule has 2 heterocycles. The minimum Gasteiger partial charge on any atom is -0.392 e. The minimum atomic E-state index is -0.551. The zero-order chi connectivity index (χ0) is 28.2. The first kappa shape index (κ1) is 29.7. The van der Waals surface area contributed by atoms with E-state index in [2.05, 4.69) is 10.3 Å². The van der Waals surface area contributed by atoms with Gasteiger partial charge >= 0.3 is 0 Å². The lowest BCUT2D eigenvalue weighted by molar-refractivity contribution is -0.245. The zero-order valence-corrected chi connectivity index (χ0v) is 23.0. The van der Waals surface area contributed by atoms with Gasteiger partial charge in [0.1, 0.15) is 0 Å². The Kier molecular flexibility index (Phi) is 11.5. The molecule has 40 heavy (non-hydrogen) atoms. The number of rotatable bonds is 13. The number of unbranched alkanes of at least 4 members (excludes halogenated alkanes) is 1. The first-order valence-corrected chi connectivity index (χ1v) is 14.4. The van der Waals surface area contributed by atoms with Crippen LogP contribution in [0.25, 0.3) is 0 Å². The van der Waals surface area contributed by atoms with Gasteiger partial charge in [-0.25, -0.2) is 10.5 Å². The SMILES string of the molecule is O=C(CCCCC(=O)NCc1ccc([C@H]2O[C@@H](CSc3ccccn3)C[C@@H](c3ccc(CO)cc3)O2)cc1)NO. The van der Waals surface area contributed by atoms with Crippen molar-refractivity contribution >= 4 is 23.6 Å². The molecule has 0 bridgehead atoms. The molecule has 0 saturated carbocycles. The Bertz CT molecular complexity index is 1210. The molecule has 3 atom stereocenters. The van der Waals surface area contributed by atoms with Gasteiger partial charge < -0.3 is 19.9 Å². The van der Waals surface area contributed by atoms with Crippen LogP contribution in [0.4, 0.5) is 0 Å². The lowest BCUT2D eigenvalue weighted by Crippen LogP contribution is -2.31. The van der Waals surface area contributed by atoms with Crippen LogP contribution in [0, 0.1) is 0 Å². The number of hydroxylamine groups is 1. The molecule has 2 aromatic carbocycles. The van der Waals surface area contributed by atoms with Gasteiger partial charge in [-0.3, -0.25) is 14.8 Å². The predicted octanol–water partition coefficient (Wildman–Crippen LogP) is 4.59. The van der Waals surface area contributed by atoms with Crippen LogP contribution in [0.15, 0.2) is 78.0 Å². The number of hydrogen-bond donors (Lipinski definition) is 4. The molecule has 10 heteroatoms. The van der Waals surface area contributed by atoms with Crippen molar-refractivity contribution in [1.29, 1.82) is 0 Å². The van der Waals surface area contributed by atoms with Crippen LogP contribution < -0.4 is 10.8 Å². The molecule has 9 nitrogen and oxygen atoms in total. The van der Waals surface area contributed by atoms with Crippen molar-refractivity contribution in [2.45, 2.75) is 68.8 Å². The van der Waals surface area contributed by atoms with Crippen LogP contribution >= 0.6 is 11.8 Å². The molecule has 0 spiro atoms. The third-order valence-corrected chi connectivity index (χ3v) is 7.67. The number of carbonyl (C=O) groups excluding carboxylic acids is 2. The van der Waals surface area contributed by atoms with Crippen LogP contribution in [0.3, 0.4) is 0 Å². The van der Waals surface area contributed by atoms with Crippen molar-refractivity contribution in [3.05, 3.63) is 95.2 Å². The van der Waals surface area contributed by atoms with E-state index in [1.807, 2.05) is 66.7 Å². The molecule has 4 rings (SSSR count). The van der Waals surface area contributed by atoms with E-state index < -0.39 is 12.2 Å². The maximum atomic E-state index is 12.1. The largest absolute Gasteiger partial charge is 0.392 e. The highest BCUT2D eigenvalue weighted by molar-refractivity contribution is 7.99. The fourth-order valence-corrected chi connectivity index (χ4v) is 5.22. The maximum Gasteiger partial charge on any atom is 0.243 e. The van der Waals surface area contributed by atoms with E-state index in [-0.39, 0.29) is 31.1 Å². The average Bonchev–Trinajstić information content (AvgIpc) is 3.01. The number of aliphatic hydroxyl groups excluding tert-OH is 1. The summed E-state index contributed by atoms with van der Waals surface area (Å²) in [6, 6.07) is 21.5. The number of aromatic nitrogens is 1. The Morgan fingerprint density at radius 3 is 2.27 bits per heavy atom.